The minimum absolute atomic E-state index is 0.159. The number of para-hydroxylation sites is 1. The van der Waals surface area contributed by atoms with Crippen LogP contribution in [0.4, 0.5) is 10.1 Å². The maximum Gasteiger partial charge on any atom is 0.321 e. The molecule has 2 fully saturated rings. The summed E-state index contributed by atoms with van der Waals surface area (Å²) < 4.78 is 18.3. The second-order valence-electron chi connectivity index (χ2n) is 6.90. The summed E-state index contributed by atoms with van der Waals surface area (Å²) in [6.45, 7) is 0. The number of hydrogen-bond donors (Lipinski definition) is 3. The van der Waals surface area contributed by atoms with E-state index in [0.717, 1.165) is 17.0 Å². The van der Waals surface area contributed by atoms with E-state index in [2.05, 4.69) is 5.32 Å². The first kappa shape index (κ1) is 18.9. The topological polar surface area (TPSA) is 116 Å². The Hall–Kier alpha value is -3.46. The van der Waals surface area contributed by atoms with E-state index < -0.39 is 47.5 Å². The zero-order valence-corrected chi connectivity index (χ0v) is 15.2. The summed E-state index contributed by atoms with van der Waals surface area (Å²) in [6, 6.07) is 7.21. The smallest absolute Gasteiger partial charge is 0.321 e. The average Bonchev–Trinajstić information content (AvgIpc) is 3.20. The summed E-state index contributed by atoms with van der Waals surface area (Å²) in [5.41, 5.74) is 0.416. The van der Waals surface area contributed by atoms with Crippen molar-refractivity contribution in [1.29, 1.82) is 0 Å². The van der Waals surface area contributed by atoms with Crippen LogP contribution in [0.2, 0.25) is 0 Å². The number of benzene rings is 2. The third-order valence-electron chi connectivity index (χ3n) is 5.41. The van der Waals surface area contributed by atoms with E-state index in [-0.39, 0.29) is 22.7 Å². The fourth-order valence-corrected chi connectivity index (χ4v) is 4.12. The molecule has 0 saturated carbocycles. The Kier molecular flexibility index (Phi) is 4.46. The van der Waals surface area contributed by atoms with E-state index in [1.165, 1.54) is 31.4 Å². The third kappa shape index (κ3) is 2.82. The minimum atomic E-state index is -1.32. The molecule has 8 nitrogen and oxygen atoms in total. The number of fused-ring (bicyclic) bond motifs is 1. The molecular weight excluding hydrogens is 383 g/mol. The van der Waals surface area contributed by atoms with Crippen LogP contribution in [0, 0.1) is 17.7 Å². The van der Waals surface area contributed by atoms with Crippen LogP contribution in [0.1, 0.15) is 11.6 Å². The number of halogens is 1. The number of phenols is 1. The number of anilines is 1. The van der Waals surface area contributed by atoms with Gasteiger partial charge in [-0.3, -0.25) is 19.7 Å². The summed E-state index contributed by atoms with van der Waals surface area (Å²) in [5.74, 6) is -5.41. The number of ether oxygens (including phenoxy) is 1. The SMILES string of the molecule is COc1cccc([C@@H]2N[C@H](C(=O)O)[C@H]3C(=O)N(c4ccc(F)cc4)C(=O)[C@@H]32)c1O. The molecule has 0 aromatic heterocycles. The van der Waals surface area contributed by atoms with Gasteiger partial charge in [0.25, 0.3) is 0 Å². The first-order valence-corrected chi connectivity index (χ1v) is 8.83. The molecular formula is C20H17FN2O6. The number of phenolic OH excluding ortho intramolecular Hbond substituents is 1. The molecule has 2 aromatic rings. The van der Waals surface area contributed by atoms with Crippen LogP contribution >= 0.6 is 0 Å². The van der Waals surface area contributed by atoms with Crippen LogP contribution in [0.15, 0.2) is 42.5 Å². The lowest BCUT2D eigenvalue weighted by atomic mass is 9.86. The van der Waals surface area contributed by atoms with Crippen LogP contribution in [0.5, 0.6) is 11.5 Å². The molecule has 2 aliphatic rings. The number of imide groups is 1. The van der Waals surface area contributed by atoms with Gasteiger partial charge in [0, 0.05) is 11.6 Å². The van der Waals surface area contributed by atoms with Gasteiger partial charge in [-0.1, -0.05) is 12.1 Å². The Bertz CT molecular complexity index is 1010. The molecule has 0 unspecified atom stereocenters. The van der Waals surface area contributed by atoms with Gasteiger partial charge in [0.15, 0.2) is 11.5 Å². The molecule has 2 aromatic carbocycles. The van der Waals surface area contributed by atoms with Gasteiger partial charge in [-0.05, 0) is 30.3 Å². The maximum atomic E-state index is 13.3. The van der Waals surface area contributed by atoms with E-state index in [9.17, 15) is 29.0 Å². The average molecular weight is 400 g/mol. The molecule has 2 aliphatic heterocycles. The number of hydrogen-bond acceptors (Lipinski definition) is 6. The first-order valence-electron chi connectivity index (χ1n) is 8.83. The van der Waals surface area contributed by atoms with E-state index in [4.69, 9.17) is 4.74 Å². The van der Waals surface area contributed by atoms with Crippen molar-refractivity contribution in [1.82, 2.24) is 5.32 Å². The quantitative estimate of drug-likeness (QED) is 0.665. The van der Waals surface area contributed by atoms with E-state index in [1.54, 1.807) is 6.07 Å². The second-order valence-corrected chi connectivity index (χ2v) is 6.90. The summed E-state index contributed by atoms with van der Waals surface area (Å²) in [5, 5.41) is 22.9. The molecule has 4 rings (SSSR count). The van der Waals surface area contributed by atoms with Crippen LogP contribution in [-0.4, -0.2) is 41.1 Å². The van der Waals surface area contributed by atoms with Crippen LogP contribution in [0.25, 0.3) is 0 Å². The summed E-state index contributed by atoms with van der Waals surface area (Å²) in [4.78, 5) is 38.8. The highest BCUT2D eigenvalue weighted by Gasteiger charge is 2.61. The fraction of sp³-hybridized carbons (Fsp3) is 0.250. The van der Waals surface area contributed by atoms with Crippen molar-refractivity contribution < 1.29 is 33.7 Å². The van der Waals surface area contributed by atoms with Crippen LogP contribution < -0.4 is 15.0 Å². The van der Waals surface area contributed by atoms with E-state index >= 15 is 0 Å². The summed E-state index contributed by atoms with van der Waals surface area (Å²) in [7, 11) is 1.37. The Morgan fingerprint density at radius 3 is 2.38 bits per heavy atom. The number of rotatable bonds is 4. The Balaban J connectivity index is 1.80. The molecule has 0 spiro atoms. The monoisotopic (exact) mass is 400 g/mol. The number of methoxy groups -OCH3 is 1. The molecule has 29 heavy (non-hydrogen) atoms. The van der Waals surface area contributed by atoms with Gasteiger partial charge in [-0.15, -0.1) is 0 Å². The number of carboxylic acid groups (broad SMARTS) is 1. The minimum Gasteiger partial charge on any atom is -0.504 e. The first-order chi connectivity index (χ1) is 13.8. The van der Waals surface area contributed by atoms with Crippen LogP contribution in [0.3, 0.4) is 0 Å². The number of carboxylic acids is 1. The number of nitrogens with one attached hydrogen (secondary N) is 1. The van der Waals surface area contributed by atoms with Crippen molar-refractivity contribution in [3.63, 3.8) is 0 Å². The molecule has 2 amide bonds. The number of aromatic hydroxyl groups is 1. The van der Waals surface area contributed by atoms with Gasteiger partial charge in [0.05, 0.1) is 24.6 Å². The number of nitrogens with zero attached hydrogens (tertiary/aromatic N) is 1. The molecule has 9 heteroatoms. The van der Waals surface area contributed by atoms with Gasteiger partial charge in [0.2, 0.25) is 11.8 Å². The largest absolute Gasteiger partial charge is 0.504 e. The van der Waals surface area contributed by atoms with Gasteiger partial charge in [-0.25, -0.2) is 9.29 Å². The number of carbonyl (C=O) groups excluding carboxylic acids is 2. The summed E-state index contributed by atoms with van der Waals surface area (Å²) in [6.07, 6.45) is 0. The highest BCUT2D eigenvalue weighted by molar-refractivity contribution is 6.23. The van der Waals surface area contributed by atoms with Crippen molar-refractivity contribution in [2.45, 2.75) is 12.1 Å². The molecule has 0 aliphatic carbocycles. The molecule has 4 atom stereocenters. The van der Waals surface area contributed by atoms with Gasteiger partial charge in [-0.2, -0.15) is 0 Å². The maximum absolute atomic E-state index is 13.3. The normalized spacial score (nSPS) is 25.9. The fourth-order valence-electron chi connectivity index (χ4n) is 4.12. The number of carbonyl (C=O) groups is 3. The third-order valence-corrected chi connectivity index (χ3v) is 5.41. The van der Waals surface area contributed by atoms with Gasteiger partial charge in [0.1, 0.15) is 11.9 Å². The number of amides is 2. The predicted molar refractivity (Wildman–Crippen MR) is 97.8 cm³/mol. The van der Waals surface area contributed by atoms with Crippen molar-refractivity contribution in [2.24, 2.45) is 11.8 Å². The molecule has 150 valence electrons. The van der Waals surface area contributed by atoms with Crippen molar-refractivity contribution in [3.05, 3.63) is 53.8 Å². The second kappa shape index (κ2) is 6.85. The van der Waals surface area contributed by atoms with Gasteiger partial charge >= 0.3 is 5.97 Å². The van der Waals surface area contributed by atoms with E-state index in [1.807, 2.05) is 0 Å². The highest BCUT2D eigenvalue weighted by Crippen LogP contribution is 2.48. The van der Waals surface area contributed by atoms with E-state index in [0.29, 0.717) is 0 Å². The Morgan fingerprint density at radius 2 is 1.76 bits per heavy atom. The molecule has 2 heterocycles. The highest BCUT2D eigenvalue weighted by atomic mass is 19.1. The molecule has 0 bridgehead atoms. The lowest BCUT2D eigenvalue weighted by molar-refractivity contribution is -0.142. The predicted octanol–water partition coefficient (Wildman–Crippen LogP) is 1.44. The van der Waals surface area contributed by atoms with Gasteiger partial charge < -0.3 is 14.9 Å². The lowest BCUT2D eigenvalue weighted by Gasteiger charge is -2.22. The van der Waals surface area contributed by atoms with Crippen LogP contribution in [-0.2, 0) is 14.4 Å². The van der Waals surface area contributed by atoms with Crippen molar-refractivity contribution >= 4 is 23.5 Å². The molecule has 2 saturated heterocycles. The lowest BCUT2D eigenvalue weighted by Crippen LogP contribution is -2.43. The zero-order chi connectivity index (χ0) is 20.9. The standard InChI is InChI=1S/C20H17FN2O6/c1-29-12-4-2-3-11(17(12)24)15-13-14(16(22-15)20(27)28)19(26)23(18(13)25)10-7-5-9(21)6-8-10/h2-8,13-16,22,24H,1H3,(H,27,28)/t13-,14-,15-,16-/m0/s1. The Labute approximate surface area is 164 Å². The Morgan fingerprint density at radius 1 is 1.10 bits per heavy atom. The molecule has 0 radical (unpaired) electrons. The number of aliphatic carboxylic acids is 1. The summed E-state index contributed by atoms with van der Waals surface area (Å²) >= 11 is 0. The molecule has 3 N–H and O–H groups in total. The van der Waals surface area contributed by atoms with Crippen molar-refractivity contribution in [3.8, 4) is 11.5 Å². The zero-order valence-electron chi connectivity index (χ0n) is 15.2. The van der Waals surface area contributed by atoms with Crippen molar-refractivity contribution in [2.75, 3.05) is 12.0 Å².